The Bertz CT molecular complexity index is 352. The molecule has 0 aliphatic heterocycles. The second kappa shape index (κ2) is 7.00. The molecule has 0 heterocycles. The van der Waals surface area contributed by atoms with E-state index in [4.69, 9.17) is 0 Å². The average Bonchev–Trinajstić information content (AvgIpc) is 2.28. The number of allylic oxidation sites excluding steroid dienone is 1. The van der Waals surface area contributed by atoms with Gasteiger partial charge in [0.1, 0.15) is 5.78 Å². The zero-order chi connectivity index (χ0) is 11.8. The lowest BCUT2D eigenvalue weighted by atomic mass is 10.0. The first kappa shape index (κ1) is 12.7. The maximum atomic E-state index is 11.6. The lowest BCUT2D eigenvalue weighted by Gasteiger charge is -2.04. The summed E-state index contributed by atoms with van der Waals surface area (Å²) >= 11 is 0. The minimum atomic E-state index is 0.366. The number of carbonyl (C=O) groups is 1. The Kier molecular flexibility index (Phi) is 5.55. The van der Waals surface area contributed by atoms with Crippen LogP contribution in [-0.2, 0) is 11.2 Å². The topological polar surface area (TPSA) is 17.1 Å². The summed E-state index contributed by atoms with van der Waals surface area (Å²) in [5, 5.41) is 0. The highest BCUT2D eigenvalue weighted by Gasteiger charge is 2.03. The van der Waals surface area contributed by atoms with Gasteiger partial charge in [-0.1, -0.05) is 30.3 Å². The molecule has 0 radical (unpaired) electrons. The minimum absolute atomic E-state index is 0.366. The first-order chi connectivity index (χ1) is 7.74. The Morgan fingerprint density at radius 1 is 1.31 bits per heavy atom. The fourth-order valence-corrected chi connectivity index (χ4v) is 1.73. The van der Waals surface area contributed by atoms with Crippen molar-refractivity contribution in [1.29, 1.82) is 0 Å². The molecule has 0 saturated carbocycles. The molecule has 1 heteroatoms. The Balaban J connectivity index is 2.31. The molecular formula is C15H20O. The van der Waals surface area contributed by atoms with Gasteiger partial charge in [-0.3, -0.25) is 4.79 Å². The number of hydrogen-bond acceptors (Lipinski definition) is 1. The minimum Gasteiger partial charge on any atom is -0.300 e. The van der Waals surface area contributed by atoms with Crippen molar-refractivity contribution in [2.75, 3.05) is 0 Å². The van der Waals surface area contributed by atoms with Gasteiger partial charge in [0.05, 0.1) is 0 Å². The third-order valence-electron chi connectivity index (χ3n) is 2.80. The smallest absolute Gasteiger partial charge is 0.133 e. The van der Waals surface area contributed by atoms with Crippen molar-refractivity contribution in [3.05, 3.63) is 48.0 Å². The van der Waals surface area contributed by atoms with E-state index in [-0.39, 0.29) is 0 Å². The summed E-state index contributed by atoms with van der Waals surface area (Å²) < 4.78 is 0. The molecule has 0 aliphatic carbocycles. The third-order valence-corrected chi connectivity index (χ3v) is 2.80. The van der Waals surface area contributed by atoms with Crippen molar-refractivity contribution in [3.63, 3.8) is 0 Å². The Labute approximate surface area is 98.2 Å². The maximum absolute atomic E-state index is 11.6. The Hall–Kier alpha value is -1.37. The number of unbranched alkanes of at least 4 members (excludes halogenated alkanes) is 1. The van der Waals surface area contributed by atoms with Crippen molar-refractivity contribution < 1.29 is 4.79 Å². The number of hydrogen-bond donors (Lipinski definition) is 0. The quantitative estimate of drug-likeness (QED) is 0.499. The molecule has 86 valence electrons. The van der Waals surface area contributed by atoms with Gasteiger partial charge in [0.2, 0.25) is 0 Å². The van der Waals surface area contributed by atoms with E-state index in [2.05, 4.69) is 25.6 Å². The van der Waals surface area contributed by atoms with E-state index in [1.165, 1.54) is 11.1 Å². The number of ketones is 1. The summed E-state index contributed by atoms with van der Waals surface area (Å²) in [6, 6.07) is 8.26. The number of aryl methyl sites for hydroxylation is 2. The third kappa shape index (κ3) is 4.43. The first-order valence-electron chi connectivity index (χ1n) is 5.91. The molecule has 0 fully saturated rings. The highest BCUT2D eigenvalue weighted by molar-refractivity contribution is 5.78. The lowest BCUT2D eigenvalue weighted by Crippen LogP contribution is -2.00. The molecule has 0 saturated heterocycles. The summed E-state index contributed by atoms with van der Waals surface area (Å²) in [6.07, 6.45) is 5.99. The van der Waals surface area contributed by atoms with E-state index in [1.54, 1.807) is 0 Å². The van der Waals surface area contributed by atoms with Crippen LogP contribution in [0.2, 0.25) is 0 Å². The average molecular weight is 216 g/mol. The van der Waals surface area contributed by atoms with Gasteiger partial charge < -0.3 is 0 Å². The molecule has 0 spiro atoms. The van der Waals surface area contributed by atoms with Gasteiger partial charge in [-0.25, -0.2) is 0 Å². The van der Waals surface area contributed by atoms with Gasteiger partial charge in [-0.2, -0.15) is 0 Å². The molecule has 0 bridgehead atoms. The van der Waals surface area contributed by atoms with Gasteiger partial charge in [-0.15, -0.1) is 6.58 Å². The molecule has 0 aromatic heterocycles. The summed E-state index contributed by atoms with van der Waals surface area (Å²) in [7, 11) is 0. The first-order valence-corrected chi connectivity index (χ1v) is 5.91. The Morgan fingerprint density at radius 2 is 2.06 bits per heavy atom. The highest BCUT2D eigenvalue weighted by atomic mass is 16.1. The van der Waals surface area contributed by atoms with Crippen molar-refractivity contribution in [2.24, 2.45) is 0 Å². The van der Waals surface area contributed by atoms with Gasteiger partial charge in [0, 0.05) is 12.8 Å². The van der Waals surface area contributed by atoms with Gasteiger partial charge >= 0.3 is 0 Å². The number of rotatable bonds is 7. The molecule has 1 nitrogen and oxygen atoms in total. The zero-order valence-corrected chi connectivity index (χ0v) is 10.0. The molecule has 0 amide bonds. The van der Waals surface area contributed by atoms with Gasteiger partial charge in [0.25, 0.3) is 0 Å². The lowest BCUT2D eigenvalue weighted by molar-refractivity contribution is -0.119. The van der Waals surface area contributed by atoms with Gasteiger partial charge in [-0.05, 0) is 37.3 Å². The number of carbonyl (C=O) groups excluding carboxylic acids is 1. The van der Waals surface area contributed by atoms with E-state index in [9.17, 15) is 4.79 Å². The van der Waals surface area contributed by atoms with Crippen LogP contribution in [0, 0.1) is 6.92 Å². The fourth-order valence-electron chi connectivity index (χ4n) is 1.73. The van der Waals surface area contributed by atoms with Crippen molar-refractivity contribution in [2.45, 2.75) is 39.0 Å². The molecule has 1 rings (SSSR count). The maximum Gasteiger partial charge on any atom is 0.133 e. The molecule has 1 aromatic carbocycles. The standard InChI is InChI=1S/C15H20O/c1-3-4-5-10-15(16)12-11-14-9-7-6-8-13(14)2/h3,6-9H,1,4-5,10-12H2,2H3. The monoisotopic (exact) mass is 216 g/mol. The van der Waals surface area contributed by atoms with E-state index in [0.29, 0.717) is 18.6 Å². The molecule has 0 aliphatic rings. The highest BCUT2D eigenvalue weighted by Crippen LogP contribution is 2.11. The Morgan fingerprint density at radius 3 is 2.75 bits per heavy atom. The summed E-state index contributed by atoms with van der Waals surface area (Å²) in [6.45, 7) is 5.75. The molecule has 0 N–H and O–H groups in total. The van der Waals surface area contributed by atoms with E-state index < -0.39 is 0 Å². The number of Topliss-reactive ketones (excluding diaryl/α,β-unsaturated/α-hetero) is 1. The normalized spacial score (nSPS) is 10.1. The molecule has 1 aromatic rings. The molecule has 0 atom stereocenters. The van der Waals surface area contributed by atoms with Crippen LogP contribution in [0.4, 0.5) is 0 Å². The van der Waals surface area contributed by atoms with Crippen LogP contribution in [0.5, 0.6) is 0 Å². The van der Waals surface area contributed by atoms with E-state index in [1.807, 2.05) is 18.2 Å². The predicted octanol–water partition coefficient (Wildman–Crippen LogP) is 3.85. The van der Waals surface area contributed by atoms with Crippen LogP contribution in [0.15, 0.2) is 36.9 Å². The second-order valence-electron chi connectivity index (χ2n) is 4.15. The summed E-state index contributed by atoms with van der Waals surface area (Å²) in [4.78, 5) is 11.6. The van der Waals surface area contributed by atoms with Crippen molar-refractivity contribution in [3.8, 4) is 0 Å². The second-order valence-corrected chi connectivity index (χ2v) is 4.15. The van der Waals surface area contributed by atoms with E-state index in [0.717, 1.165) is 19.3 Å². The largest absolute Gasteiger partial charge is 0.300 e. The number of benzene rings is 1. The zero-order valence-electron chi connectivity index (χ0n) is 10.0. The van der Waals surface area contributed by atoms with Crippen molar-refractivity contribution in [1.82, 2.24) is 0 Å². The van der Waals surface area contributed by atoms with E-state index >= 15 is 0 Å². The molecular weight excluding hydrogens is 196 g/mol. The van der Waals surface area contributed by atoms with Gasteiger partial charge in [0.15, 0.2) is 0 Å². The predicted molar refractivity (Wildman–Crippen MR) is 68.6 cm³/mol. The van der Waals surface area contributed by atoms with Crippen LogP contribution in [0.3, 0.4) is 0 Å². The molecule has 16 heavy (non-hydrogen) atoms. The summed E-state index contributed by atoms with van der Waals surface area (Å²) in [5.74, 6) is 0.366. The van der Waals surface area contributed by atoms with Crippen LogP contribution in [0.1, 0.15) is 36.8 Å². The van der Waals surface area contributed by atoms with Crippen LogP contribution in [-0.4, -0.2) is 5.78 Å². The fraction of sp³-hybridized carbons (Fsp3) is 0.400. The van der Waals surface area contributed by atoms with Crippen LogP contribution < -0.4 is 0 Å². The van der Waals surface area contributed by atoms with Crippen molar-refractivity contribution >= 4 is 5.78 Å². The SMILES string of the molecule is C=CCCCC(=O)CCc1ccccc1C. The van der Waals surface area contributed by atoms with Crippen LogP contribution in [0.25, 0.3) is 0 Å². The van der Waals surface area contributed by atoms with Crippen LogP contribution >= 0.6 is 0 Å². The molecule has 0 unspecified atom stereocenters. The summed E-state index contributed by atoms with van der Waals surface area (Å²) in [5.41, 5.74) is 2.57.